The van der Waals surface area contributed by atoms with Gasteiger partial charge in [0.05, 0.1) is 11.3 Å². The zero-order valence-corrected chi connectivity index (χ0v) is 11.1. The molecule has 0 bridgehead atoms. The van der Waals surface area contributed by atoms with E-state index in [0.29, 0.717) is 13.0 Å². The highest BCUT2D eigenvalue weighted by molar-refractivity contribution is 7.89. The van der Waals surface area contributed by atoms with Gasteiger partial charge in [-0.3, -0.25) is 4.98 Å². The van der Waals surface area contributed by atoms with Crippen LogP contribution < -0.4 is 4.72 Å². The molecule has 2 aromatic rings. The molecule has 4 nitrogen and oxygen atoms in total. The third-order valence-corrected chi connectivity index (χ3v) is 4.22. The average Bonchev–Trinajstić information content (AvgIpc) is 2.39. The van der Waals surface area contributed by atoms with E-state index in [1.807, 2.05) is 30.3 Å². The van der Waals surface area contributed by atoms with E-state index in [4.69, 9.17) is 0 Å². The van der Waals surface area contributed by atoms with Crippen molar-refractivity contribution in [3.63, 3.8) is 0 Å². The van der Waals surface area contributed by atoms with Crippen molar-refractivity contribution in [1.82, 2.24) is 9.71 Å². The number of para-hydroxylation sites is 1. The molecule has 0 aliphatic carbocycles. The predicted octanol–water partition coefficient (Wildman–Crippen LogP) is 1.72. The first kappa shape index (κ1) is 13.0. The summed E-state index contributed by atoms with van der Waals surface area (Å²) in [6.45, 7) is 2.04. The summed E-state index contributed by atoms with van der Waals surface area (Å²) < 4.78 is 25.2. The number of fused-ring (bicyclic) bond motifs is 1. The number of benzene rings is 1. The van der Waals surface area contributed by atoms with Gasteiger partial charge in [-0.25, -0.2) is 13.1 Å². The lowest BCUT2D eigenvalue weighted by molar-refractivity contribution is 0.583. The third kappa shape index (κ3) is 3.05. The molecule has 96 valence electrons. The summed E-state index contributed by atoms with van der Waals surface area (Å²) in [5.41, 5.74) is 2.00. The molecular weight excluding hydrogens is 248 g/mol. The van der Waals surface area contributed by atoms with Gasteiger partial charge in [0.15, 0.2) is 0 Å². The highest BCUT2D eigenvalue weighted by atomic mass is 32.2. The number of hydrogen-bond acceptors (Lipinski definition) is 3. The van der Waals surface area contributed by atoms with E-state index in [9.17, 15) is 8.42 Å². The molecular formula is C13H16N2O2S. The van der Waals surface area contributed by atoms with Gasteiger partial charge in [0.2, 0.25) is 10.0 Å². The second kappa shape index (κ2) is 5.46. The third-order valence-electron chi connectivity index (χ3n) is 2.81. The van der Waals surface area contributed by atoms with Crippen LogP contribution in [0.4, 0.5) is 0 Å². The maximum absolute atomic E-state index is 11.3. The Morgan fingerprint density at radius 1 is 1.22 bits per heavy atom. The van der Waals surface area contributed by atoms with Gasteiger partial charge in [-0.05, 0) is 25.0 Å². The number of hydrogen-bond donors (Lipinski definition) is 1. The Balaban J connectivity index is 2.13. The summed E-state index contributed by atoms with van der Waals surface area (Å²) in [5, 5.41) is 1.08. The van der Waals surface area contributed by atoms with E-state index in [1.165, 1.54) is 0 Å². The van der Waals surface area contributed by atoms with Crippen molar-refractivity contribution < 1.29 is 8.42 Å². The van der Waals surface area contributed by atoms with Gasteiger partial charge in [0.1, 0.15) is 0 Å². The van der Waals surface area contributed by atoms with E-state index in [1.54, 1.807) is 13.1 Å². The molecule has 0 spiro atoms. The molecule has 1 aromatic carbocycles. The van der Waals surface area contributed by atoms with Crippen molar-refractivity contribution >= 4 is 20.9 Å². The van der Waals surface area contributed by atoms with Crippen LogP contribution in [0.15, 0.2) is 36.5 Å². The minimum atomic E-state index is -3.11. The predicted molar refractivity (Wildman–Crippen MR) is 72.9 cm³/mol. The normalized spacial score (nSPS) is 11.8. The summed E-state index contributed by atoms with van der Waals surface area (Å²) in [6.07, 6.45) is 2.40. The Kier molecular flexibility index (Phi) is 3.93. The summed E-state index contributed by atoms with van der Waals surface area (Å²) in [6, 6.07) is 9.85. The summed E-state index contributed by atoms with van der Waals surface area (Å²) in [4.78, 5) is 4.34. The van der Waals surface area contributed by atoms with Crippen molar-refractivity contribution in [2.24, 2.45) is 0 Å². The molecule has 0 radical (unpaired) electrons. The summed E-state index contributed by atoms with van der Waals surface area (Å²) in [7, 11) is -3.11. The summed E-state index contributed by atoms with van der Waals surface area (Å²) in [5.74, 6) is 0.112. The van der Waals surface area contributed by atoms with Gasteiger partial charge >= 0.3 is 0 Å². The molecule has 2 rings (SSSR count). The zero-order chi connectivity index (χ0) is 13.0. The second-order valence-corrected chi connectivity index (χ2v) is 6.14. The van der Waals surface area contributed by atoms with Crippen LogP contribution in [0.2, 0.25) is 0 Å². The maximum atomic E-state index is 11.3. The van der Waals surface area contributed by atoms with Crippen LogP contribution in [-0.2, 0) is 16.4 Å². The topological polar surface area (TPSA) is 59.1 Å². The lowest BCUT2D eigenvalue weighted by Crippen LogP contribution is -2.27. The van der Waals surface area contributed by atoms with Crippen LogP contribution in [0.3, 0.4) is 0 Å². The van der Waals surface area contributed by atoms with E-state index < -0.39 is 10.0 Å². The largest absolute Gasteiger partial charge is 0.256 e. The molecule has 0 atom stereocenters. The van der Waals surface area contributed by atoms with Crippen molar-refractivity contribution in [2.45, 2.75) is 13.3 Å². The molecule has 0 saturated carbocycles. The average molecular weight is 264 g/mol. The Bertz CT molecular complexity index is 633. The van der Waals surface area contributed by atoms with E-state index >= 15 is 0 Å². The molecule has 0 amide bonds. The zero-order valence-electron chi connectivity index (χ0n) is 10.3. The fraction of sp³-hybridized carbons (Fsp3) is 0.308. The quantitative estimate of drug-likeness (QED) is 0.894. The number of rotatable bonds is 5. The van der Waals surface area contributed by atoms with E-state index in [0.717, 1.165) is 16.5 Å². The number of pyridine rings is 1. The standard InChI is InChI=1S/C13H16N2O2S/c1-2-18(16,17)15-10-8-12-6-3-5-11-7-4-9-14-13(11)12/h3-7,9,15H,2,8,10H2,1H3. The lowest BCUT2D eigenvalue weighted by Gasteiger charge is -2.06. The molecule has 18 heavy (non-hydrogen) atoms. The van der Waals surface area contributed by atoms with Crippen molar-refractivity contribution in [3.05, 3.63) is 42.1 Å². The highest BCUT2D eigenvalue weighted by Crippen LogP contribution is 2.15. The number of sulfonamides is 1. The lowest BCUT2D eigenvalue weighted by atomic mass is 10.1. The Hall–Kier alpha value is -1.46. The first-order valence-corrected chi connectivity index (χ1v) is 7.57. The smallest absolute Gasteiger partial charge is 0.211 e. The van der Waals surface area contributed by atoms with E-state index in [-0.39, 0.29) is 5.75 Å². The SMILES string of the molecule is CCS(=O)(=O)NCCc1cccc2cccnc12. The Labute approximate surface area is 107 Å². The van der Waals surface area contributed by atoms with Crippen LogP contribution in [0.25, 0.3) is 10.9 Å². The number of nitrogens with zero attached hydrogens (tertiary/aromatic N) is 1. The highest BCUT2D eigenvalue weighted by Gasteiger charge is 2.06. The first-order valence-electron chi connectivity index (χ1n) is 5.92. The van der Waals surface area contributed by atoms with Gasteiger partial charge in [0, 0.05) is 18.1 Å². The van der Waals surface area contributed by atoms with Crippen molar-refractivity contribution in [3.8, 4) is 0 Å². The number of aromatic nitrogens is 1. The molecule has 1 heterocycles. The monoisotopic (exact) mass is 264 g/mol. The van der Waals surface area contributed by atoms with Gasteiger partial charge in [-0.1, -0.05) is 24.3 Å². The van der Waals surface area contributed by atoms with Crippen molar-refractivity contribution in [2.75, 3.05) is 12.3 Å². The molecule has 0 aliphatic rings. The van der Waals surface area contributed by atoms with Crippen LogP contribution in [0.1, 0.15) is 12.5 Å². The second-order valence-electron chi connectivity index (χ2n) is 4.04. The van der Waals surface area contributed by atoms with E-state index in [2.05, 4.69) is 9.71 Å². The molecule has 0 fully saturated rings. The van der Waals surface area contributed by atoms with Crippen LogP contribution in [0.5, 0.6) is 0 Å². The first-order chi connectivity index (χ1) is 8.62. The molecule has 0 aliphatic heterocycles. The fourth-order valence-corrected chi connectivity index (χ4v) is 2.43. The summed E-state index contributed by atoms with van der Waals surface area (Å²) >= 11 is 0. The molecule has 5 heteroatoms. The van der Waals surface area contributed by atoms with Gasteiger partial charge in [-0.2, -0.15) is 0 Å². The minimum absolute atomic E-state index is 0.112. The molecule has 0 unspecified atom stereocenters. The minimum Gasteiger partial charge on any atom is -0.256 e. The Morgan fingerprint density at radius 2 is 2.00 bits per heavy atom. The van der Waals surface area contributed by atoms with Crippen molar-refractivity contribution in [1.29, 1.82) is 0 Å². The van der Waals surface area contributed by atoms with Crippen LogP contribution in [-0.4, -0.2) is 25.7 Å². The molecule has 0 saturated heterocycles. The van der Waals surface area contributed by atoms with Gasteiger partial charge in [0.25, 0.3) is 0 Å². The number of nitrogens with one attached hydrogen (secondary N) is 1. The van der Waals surface area contributed by atoms with Gasteiger partial charge < -0.3 is 0 Å². The van der Waals surface area contributed by atoms with Crippen LogP contribution >= 0.6 is 0 Å². The van der Waals surface area contributed by atoms with Gasteiger partial charge in [-0.15, -0.1) is 0 Å². The van der Waals surface area contributed by atoms with Crippen LogP contribution in [0, 0.1) is 0 Å². The molecule has 1 N–H and O–H groups in total. The Morgan fingerprint density at radius 3 is 2.78 bits per heavy atom. The molecule has 1 aromatic heterocycles. The fourth-order valence-electron chi connectivity index (χ4n) is 1.81. The maximum Gasteiger partial charge on any atom is 0.211 e.